The van der Waals surface area contributed by atoms with Crippen molar-refractivity contribution in [3.63, 3.8) is 0 Å². The fourth-order valence-corrected chi connectivity index (χ4v) is 2.03. The molecule has 2 unspecified atom stereocenters. The average Bonchev–Trinajstić information content (AvgIpc) is 2.69. The van der Waals surface area contributed by atoms with E-state index in [2.05, 4.69) is 6.92 Å². The Balaban J connectivity index is 1.89. The summed E-state index contributed by atoms with van der Waals surface area (Å²) in [5.41, 5.74) is 1.15. The predicted octanol–water partition coefficient (Wildman–Crippen LogP) is 1.60. The quantitative estimate of drug-likeness (QED) is 0.841. The highest BCUT2D eigenvalue weighted by atomic mass is 16.6. The van der Waals surface area contributed by atoms with Crippen LogP contribution in [0.15, 0.2) is 30.3 Å². The van der Waals surface area contributed by atoms with Crippen molar-refractivity contribution < 1.29 is 14.6 Å². The standard InChI is InChI=1S/C13H18O3/c1-10-8-15-12(7-14)13(10)16-9-11-5-3-2-4-6-11/h2-6,10,12-14H,7-9H2,1H3/t10?,12-,13?/m0/s1. The molecule has 0 aliphatic carbocycles. The van der Waals surface area contributed by atoms with E-state index in [0.717, 1.165) is 5.56 Å². The third kappa shape index (κ3) is 2.61. The lowest BCUT2D eigenvalue weighted by atomic mass is 10.0. The fourth-order valence-electron chi connectivity index (χ4n) is 2.03. The Morgan fingerprint density at radius 1 is 1.38 bits per heavy atom. The largest absolute Gasteiger partial charge is 0.394 e. The Morgan fingerprint density at radius 2 is 2.12 bits per heavy atom. The summed E-state index contributed by atoms with van der Waals surface area (Å²) in [6.07, 6.45) is -0.163. The summed E-state index contributed by atoms with van der Waals surface area (Å²) in [7, 11) is 0. The number of ether oxygens (including phenoxy) is 2. The van der Waals surface area contributed by atoms with Crippen LogP contribution >= 0.6 is 0 Å². The van der Waals surface area contributed by atoms with Gasteiger partial charge >= 0.3 is 0 Å². The van der Waals surface area contributed by atoms with Gasteiger partial charge in [-0.25, -0.2) is 0 Å². The molecule has 1 aliphatic rings. The zero-order chi connectivity index (χ0) is 11.4. The first-order chi connectivity index (χ1) is 7.81. The van der Waals surface area contributed by atoms with Crippen LogP contribution in [-0.2, 0) is 16.1 Å². The average molecular weight is 222 g/mol. The highest BCUT2D eigenvalue weighted by Crippen LogP contribution is 2.23. The second-order valence-electron chi connectivity index (χ2n) is 4.29. The number of hydrogen-bond acceptors (Lipinski definition) is 3. The Hall–Kier alpha value is -0.900. The lowest BCUT2D eigenvalue weighted by Gasteiger charge is -2.20. The normalized spacial score (nSPS) is 29.5. The van der Waals surface area contributed by atoms with E-state index >= 15 is 0 Å². The van der Waals surface area contributed by atoms with Gasteiger partial charge in [0.1, 0.15) is 6.10 Å². The minimum atomic E-state index is -0.168. The second-order valence-corrected chi connectivity index (χ2v) is 4.29. The molecule has 1 saturated heterocycles. The van der Waals surface area contributed by atoms with Crippen LogP contribution in [0.4, 0.5) is 0 Å². The monoisotopic (exact) mass is 222 g/mol. The Labute approximate surface area is 96.0 Å². The smallest absolute Gasteiger partial charge is 0.107 e. The summed E-state index contributed by atoms with van der Waals surface area (Å²) < 4.78 is 11.3. The lowest BCUT2D eigenvalue weighted by Crippen LogP contribution is -2.31. The SMILES string of the molecule is CC1CO[C@@H](CO)C1OCc1ccccc1. The van der Waals surface area contributed by atoms with E-state index in [0.29, 0.717) is 19.1 Å². The van der Waals surface area contributed by atoms with Crippen LogP contribution in [0.5, 0.6) is 0 Å². The summed E-state index contributed by atoms with van der Waals surface area (Å²) in [4.78, 5) is 0. The molecule has 3 heteroatoms. The van der Waals surface area contributed by atoms with Gasteiger partial charge in [-0.1, -0.05) is 37.3 Å². The molecule has 0 bridgehead atoms. The molecular formula is C13H18O3. The van der Waals surface area contributed by atoms with Gasteiger partial charge in [0.25, 0.3) is 0 Å². The molecule has 0 aromatic heterocycles. The van der Waals surface area contributed by atoms with Crippen molar-refractivity contribution in [2.24, 2.45) is 5.92 Å². The molecule has 1 heterocycles. The number of aliphatic hydroxyl groups is 1. The summed E-state index contributed by atoms with van der Waals surface area (Å²) in [5, 5.41) is 9.15. The van der Waals surface area contributed by atoms with E-state index < -0.39 is 0 Å². The van der Waals surface area contributed by atoms with Crippen molar-refractivity contribution in [3.8, 4) is 0 Å². The molecule has 16 heavy (non-hydrogen) atoms. The molecule has 3 nitrogen and oxygen atoms in total. The molecule has 88 valence electrons. The van der Waals surface area contributed by atoms with Gasteiger partial charge in [-0.15, -0.1) is 0 Å². The first-order valence-corrected chi connectivity index (χ1v) is 5.69. The highest BCUT2D eigenvalue weighted by Gasteiger charge is 2.34. The summed E-state index contributed by atoms with van der Waals surface area (Å²) in [5.74, 6) is 0.348. The number of hydrogen-bond donors (Lipinski definition) is 1. The maximum atomic E-state index is 9.15. The Bertz CT molecular complexity index is 312. The van der Waals surface area contributed by atoms with Gasteiger partial charge < -0.3 is 14.6 Å². The summed E-state index contributed by atoms with van der Waals surface area (Å²) >= 11 is 0. The molecule has 1 fully saturated rings. The third-order valence-electron chi connectivity index (χ3n) is 2.97. The van der Waals surface area contributed by atoms with Crippen LogP contribution in [0.2, 0.25) is 0 Å². The Morgan fingerprint density at radius 3 is 2.81 bits per heavy atom. The van der Waals surface area contributed by atoms with Gasteiger partial charge in [-0.3, -0.25) is 0 Å². The zero-order valence-corrected chi connectivity index (χ0v) is 9.50. The second kappa shape index (κ2) is 5.43. The predicted molar refractivity (Wildman–Crippen MR) is 61.0 cm³/mol. The van der Waals surface area contributed by atoms with Crippen LogP contribution in [0.25, 0.3) is 0 Å². The van der Waals surface area contributed by atoms with Crippen LogP contribution in [0.3, 0.4) is 0 Å². The zero-order valence-electron chi connectivity index (χ0n) is 9.50. The van der Waals surface area contributed by atoms with Gasteiger partial charge in [-0.2, -0.15) is 0 Å². The van der Waals surface area contributed by atoms with Crippen molar-refractivity contribution in [2.45, 2.75) is 25.7 Å². The molecule has 0 saturated carbocycles. The Kier molecular flexibility index (Phi) is 3.93. The molecule has 2 rings (SSSR count). The molecule has 0 radical (unpaired) electrons. The number of benzene rings is 1. The van der Waals surface area contributed by atoms with E-state index in [-0.39, 0.29) is 18.8 Å². The fraction of sp³-hybridized carbons (Fsp3) is 0.538. The van der Waals surface area contributed by atoms with E-state index in [1.807, 2.05) is 30.3 Å². The van der Waals surface area contributed by atoms with Crippen molar-refractivity contribution >= 4 is 0 Å². The van der Waals surface area contributed by atoms with Crippen molar-refractivity contribution in [3.05, 3.63) is 35.9 Å². The van der Waals surface area contributed by atoms with Crippen LogP contribution in [0.1, 0.15) is 12.5 Å². The van der Waals surface area contributed by atoms with Gasteiger partial charge in [0.05, 0.1) is 25.9 Å². The maximum absolute atomic E-state index is 9.15. The van der Waals surface area contributed by atoms with Crippen LogP contribution in [-0.4, -0.2) is 30.5 Å². The first-order valence-electron chi connectivity index (χ1n) is 5.69. The van der Waals surface area contributed by atoms with Crippen LogP contribution < -0.4 is 0 Å². The lowest BCUT2D eigenvalue weighted by molar-refractivity contribution is -0.0457. The minimum Gasteiger partial charge on any atom is -0.394 e. The molecule has 1 aromatic rings. The molecule has 1 aliphatic heterocycles. The number of rotatable bonds is 4. The summed E-state index contributed by atoms with van der Waals surface area (Å²) in [6.45, 7) is 3.37. The summed E-state index contributed by atoms with van der Waals surface area (Å²) in [6, 6.07) is 10.1. The third-order valence-corrected chi connectivity index (χ3v) is 2.97. The molecule has 0 amide bonds. The molecule has 3 atom stereocenters. The molecular weight excluding hydrogens is 204 g/mol. The topological polar surface area (TPSA) is 38.7 Å². The van der Waals surface area contributed by atoms with E-state index in [1.54, 1.807) is 0 Å². The maximum Gasteiger partial charge on any atom is 0.107 e. The van der Waals surface area contributed by atoms with Gasteiger partial charge in [0.2, 0.25) is 0 Å². The van der Waals surface area contributed by atoms with Crippen molar-refractivity contribution in [1.82, 2.24) is 0 Å². The van der Waals surface area contributed by atoms with E-state index in [1.165, 1.54) is 0 Å². The number of aliphatic hydroxyl groups excluding tert-OH is 1. The highest BCUT2D eigenvalue weighted by molar-refractivity contribution is 5.13. The minimum absolute atomic E-state index is 0.00482. The van der Waals surface area contributed by atoms with Gasteiger partial charge in [0, 0.05) is 5.92 Å². The molecule has 1 aromatic carbocycles. The molecule has 1 N–H and O–H groups in total. The molecule has 0 spiro atoms. The van der Waals surface area contributed by atoms with Gasteiger partial charge in [0.15, 0.2) is 0 Å². The van der Waals surface area contributed by atoms with Gasteiger partial charge in [-0.05, 0) is 5.56 Å². The van der Waals surface area contributed by atoms with E-state index in [4.69, 9.17) is 14.6 Å². The first kappa shape index (κ1) is 11.6. The van der Waals surface area contributed by atoms with Crippen molar-refractivity contribution in [1.29, 1.82) is 0 Å². The van der Waals surface area contributed by atoms with Crippen LogP contribution in [0, 0.1) is 5.92 Å². The van der Waals surface area contributed by atoms with E-state index in [9.17, 15) is 0 Å². The van der Waals surface area contributed by atoms with Crippen molar-refractivity contribution in [2.75, 3.05) is 13.2 Å².